The van der Waals surface area contributed by atoms with Gasteiger partial charge < -0.3 is 4.90 Å². The third-order valence-electron chi connectivity index (χ3n) is 2.14. The maximum absolute atomic E-state index is 11.7. The van der Waals surface area contributed by atoms with E-state index >= 15 is 0 Å². The van der Waals surface area contributed by atoms with E-state index in [0.717, 1.165) is 19.4 Å². The summed E-state index contributed by atoms with van der Waals surface area (Å²) in [5, 5.41) is 0. The van der Waals surface area contributed by atoms with Crippen LogP contribution in [0.4, 0.5) is 0 Å². The molecule has 0 radical (unpaired) electrons. The molecule has 0 atom stereocenters. The van der Waals surface area contributed by atoms with Gasteiger partial charge in [0.05, 0.1) is 0 Å². The summed E-state index contributed by atoms with van der Waals surface area (Å²) in [5.74, 6) is 1.38. The van der Waals surface area contributed by atoms with Gasteiger partial charge in [0.15, 0.2) is 0 Å². The smallest absolute Gasteiger partial charge is 0.222 e. The molecule has 0 aromatic rings. The summed E-state index contributed by atoms with van der Waals surface area (Å²) in [4.78, 5) is 13.6. The normalized spacial score (nSPS) is 10.6. The number of alkyl halides is 1. The van der Waals surface area contributed by atoms with E-state index in [1.54, 1.807) is 0 Å². The van der Waals surface area contributed by atoms with Gasteiger partial charge in [0.1, 0.15) is 0 Å². The fraction of sp³-hybridized carbons (Fsp3) is 0.909. The minimum atomic E-state index is 0.251. The molecule has 0 fully saturated rings. The Labute approximate surface area is 92.6 Å². The lowest BCUT2D eigenvalue weighted by Gasteiger charge is -2.21. The number of hydrogen-bond donors (Lipinski definition) is 0. The number of carbonyl (C=O) groups is 1. The first-order valence-electron chi connectivity index (χ1n) is 5.45. The number of rotatable bonds is 7. The van der Waals surface area contributed by atoms with Crippen LogP contribution in [0.1, 0.15) is 40.0 Å². The van der Waals surface area contributed by atoms with Crippen LogP contribution >= 0.6 is 11.6 Å². The minimum absolute atomic E-state index is 0.251. The van der Waals surface area contributed by atoms with Crippen LogP contribution in [0.5, 0.6) is 0 Å². The highest BCUT2D eigenvalue weighted by Gasteiger charge is 2.11. The van der Waals surface area contributed by atoms with Crippen molar-refractivity contribution in [2.45, 2.75) is 40.0 Å². The van der Waals surface area contributed by atoms with Crippen molar-refractivity contribution in [1.29, 1.82) is 0 Å². The van der Waals surface area contributed by atoms with Gasteiger partial charge in [-0.1, -0.05) is 20.8 Å². The molecule has 0 aliphatic rings. The number of carbonyl (C=O) groups excluding carboxylic acids is 1. The molecule has 0 saturated heterocycles. The molecule has 0 aromatic carbocycles. The monoisotopic (exact) mass is 219 g/mol. The van der Waals surface area contributed by atoms with E-state index < -0.39 is 0 Å². The quantitative estimate of drug-likeness (QED) is 0.603. The lowest BCUT2D eigenvalue weighted by molar-refractivity contribution is -0.131. The predicted octanol–water partition coefficient (Wildman–Crippen LogP) is 2.90. The molecule has 0 heterocycles. The van der Waals surface area contributed by atoms with Crippen molar-refractivity contribution in [2.75, 3.05) is 19.0 Å². The fourth-order valence-corrected chi connectivity index (χ4v) is 1.51. The Morgan fingerprint density at radius 3 is 2.43 bits per heavy atom. The molecule has 0 aliphatic carbocycles. The molecule has 0 rings (SSSR count). The second-order valence-electron chi connectivity index (χ2n) is 4.00. The molecule has 84 valence electrons. The summed E-state index contributed by atoms with van der Waals surface area (Å²) >= 11 is 5.64. The highest BCUT2D eigenvalue weighted by molar-refractivity contribution is 6.18. The highest BCUT2D eigenvalue weighted by Crippen LogP contribution is 2.06. The zero-order chi connectivity index (χ0) is 11.0. The molecule has 0 unspecified atom stereocenters. The lowest BCUT2D eigenvalue weighted by atomic mass is 10.1. The summed E-state index contributed by atoms with van der Waals surface area (Å²) in [6.07, 6.45) is 2.64. The average molecular weight is 220 g/mol. The molecule has 1 amide bonds. The van der Waals surface area contributed by atoms with Crippen molar-refractivity contribution < 1.29 is 4.79 Å². The first kappa shape index (κ1) is 13.8. The average Bonchev–Trinajstić information content (AvgIpc) is 2.14. The van der Waals surface area contributed by atoms with Gasteiger partial charge in [0.2, 0.25) is 5.91 Å². The second kappa shape index (κ2) is 8.10. The molecule has 3 heteroatoms. The van der Waals surface area contributed by atoms with Crippen molar-refractivity contribution >= 4 is 17.5 Å². The zero-order valence-electron chi connectivity index (χ0n) is 9.55. The third-order valence-corrected chi connectivity index (χ3v) is 2.31. The SMILES string of the molecule is CCCN(CCCl)C(=O)CCC(C)C. The van der Waals surface area contributed by atoms with Gasteiger partial charge in [-0.3, -0.25) is 4.79 Å². The maximum Gasteiger partial charge on any atom is 0.222 e. The van der Waals surface area contributed by atoms with Crippen molar-refractivity contribution in [3.8, 4) is 0 Å². The third kappa shape index (κ3) is 6.25. The van der Waals surface area contributed by atoms with Gasteiger partial charge in [-0.2, -0.15) is 0 Å². The van der Waals surface area contributed by atoms with Gasteiger partial charge in [-0.15, -0.1) is 11.6 Å². The topological polar surface area (TPSA) is 20.3 Å². The molecular formula is C11H22ClNO. The van der Waals surface area contributed by atoms with E-state index in [4.69, 9.17) is 11.6 Å². The van der Waals surface area contributed by atoms with Crippen LogP contribution in [0.25, 0.3) is 0 Å². The fourth-order valence-electron chi connectivity index (χ4n) is 1.30. The molecule has 0 bridgehead atoms. The van der Waals surface area contributed by atoms with Gasteiger partial charge >= 0.3 is 0 Å². The summed E-state index contributed by atoms with van der Waals surface area (Å²) in [5.41, 5.74) is 0. The molecular weight excluding hydrogens is 198 g/mol. The Hall–Kier alpha value is -0.240. The maximum atomic E-state index is 11.7. The van der Waals surface area contributed by atoms with E-state index in [9.17, 15) is 4.79 Å². The van der Waals surface area contributed by atoms with Crippen molar-refractivity contribution in [3.63, 3.8) is 0 Å². The number of amides is 1. The van der Waals surface area contributed by atoms with Crippen LogP contribution in [-0.4, -0.2) is 29.8 Å². The number of halogens is 1. The van der Waals surface area contributed by atoms with E-state index in [1.165, 1.54) is 0 Å². The Bertz CT molecular complexity index is 153. The molecule has 2 nitrogen and oxygen atoms in total. The molecule has 0 saturated carbocycles. The standard InChI is InChI=1S/C11H22ClNO/c1-4-8-13(9-7-12)11(14)6-5-10(2)3/h10H,4-9H2,1-3H3. The largest absolute Gasteiger partial charge is 0.342 e. The van der Waals surface area contributed by atoms with Crippen LogP contribution < -0.4 is 0 Å². The van der Waals surface area contributed by atoms with Gasteiger partial charge in [0, 0.05) is 25.4 Å². The van der Waals surface area contributed by atoms with Crippen molar-refractivity contribution in [3.05, 3.63) is 0 Å². The van der Waals surface area contributed by atoms with Crippen LogP contribution in [0.15, 0.2) is 0 Å². The van der Waals surface area contributed by atoms with Crippen LogP contribution in [0.3, 0.4) is 0 Å². The Morgan fingerprint density at radius 1 is 1.36 bits per heavy atom. The van der Waals surface area contributed by atoms with Crippen molar-refractivity contribution in [1.82, 2.24) is 4.90 Å². The Morgan fingerprint density at radius 2 is 2.00 bits per heavy atom. The molecule has 0 N–H and O–H groups in total. The highest BCUT2D eigenvalue weighted by atomic mass is 35.5. The van der Waals surface area contributed by atoms with Gasteiger partial charge in [-0.25, -0.2) is 0 Å². The molecule has 14 heavy (non-hydrogen) atoms. The second-order valence-corrected chi connectivity index (χ2v) is 4.38. The lowest BCUT2D eigenvalue weighted by Crippen LogP contribution is -2.33. The predicted molar refractivity (Wildman–Crippen MR) is 61.7 cm³/mol. The first-order valence-corrected chi connectivity index (χ1v) is 5.99. The van der Waals surface area contributed by atoms with Crippen molar-refractivity contribution in [2.24, 2.45) is 5.92 Å². The summed E-state index contributed by atoms with van der Waals surface area (Å²) in [6.45, 7) is 7.88. The summed E-state index contributed by atoms with van der Waals surface area (Å²) in [6, 6.07) is 0. The van der Waals surface area contributed by atoms with Gasteiger partial charge in [-0.05, 0) is 18.8 Å². The van der Waals surface area contributed by atoms with E-state index in [2.05, 4.69) is 20.8 Å². The molecule has 0 spiro atoms. The Kier molecular flexibility index (Phi) is 7.96. The molecule has 0 aliphatic heterocycles. The summed E-state index contributed by atoms with van der Waals surface area (Å²) < 4.78 is 0. The van der Waals surface area contributed by atoms with Gasteiger partial charge in [0.25, 0.3) is 0 Å². The van der Waals surface area contributed by atoms with E-state index in [0.29, 0.717) is 24.8 Å². The van der Waals surface area contributed by atoms with Crippen LogP contribution in [-0.2, 0) is 4.79 Å². The minimum Gasteiger partial charge on any atom is -0.342 e. The van der Waals surface area contributed by atoms with Crippen LogP contribution in [0, 0.1) is 5.92 Å². The first-order chi connectivity index (χ1) is 6.61. The molecule has 0 aromatic heterocycles. The van der Waals surface area contributed by atoms with E-state index in [1.807, 2.05) is 4.90 Å². The Balaban J connectivity index is 3.88. The number of nitrogens with zero attached hydrogens (tertiary/aromatic N) is 1. The zero-order valence-corrected chi connectivity index (χ0v) is 10.3. The van der Waals surface area contributed by atoms with Crippen LogP contribution in [0.2, 0.25) is 0 Å². The van der Waals surface area contributed by atoms with E-state index in [-0.39, 0.29) is 5.91 Å². The number of hydrogen-bond acceptors (Lipinski definition) is 1. The summed E-state index contributed by atoms with van der Waals surface area (Å²) in [7, 11) is 0.